The molecule has 0 bridgehead atoms. The number of hydrogen-bond acceptors (Lipinski definition) is 3. The number of urea groups is 1. The van der Waals surface area contributed by atoms with Gasteiger partial charge in [-0.3, -0.25) is 4.79 Å². The molecule has 142 valence electrons. The molecule has 1 aliphatic heterocycles. The van der Waals surface area contributed by atoms with E-state index in [1.807, 2.05) is 54.6 Å². The summed E-state index contributed by atoms with van der Waals surface area (Å²) in [6, 6.07) is 17.2. The van der Waals surface area contributed by atoms with Gasteiger partial charge in [0.2, 0.25) is 5.91 Å². The third kappa shape index (κ3) is 5.48. The highest BCUT2D eigenvalue weighted by atomic mass is 16.5. The van der Waals surface area contributed by atoms with E-state index in [4.69, 9.17) is 10.5 Å². The molecule has 0 aromatic heterocycles. The van der Waals surface area contributed by atoms with Gasteiger partial charge in [-0.1, -0.05) is 42.5 Å². The Morgan fingerprint density at radius 2 is 1.89 bits per heavy atom. The monoisotopic (exact) mass is 367 g/mol. The molecule has 2 aromatic rings. The van der Waals surface area contributed by atoms with Crippen LogP contribution in [0.5, 0.6) is 5.75 Å². The fourth-order valence-corrected chi connectivity index (χ4v) is 3.21. The molecule has 1 aliphatic rings. The largest absolute Gasteiger partial charge is 0.489 e. The first-order chi connectivity index (χ1) is 13.1. The standard InChI is InChI=1S/C21H25N3O3/c22-21(26)24-11-5-9-18(14-24)20(25)23-13-17-8-4-10-19(12-17)27-15-16-6-2-1-3-7-16/h1-4,6-8,10,12,18H,5,9,11,13-15H2,(H2,22,26)(H,23,25)/t18-/m1/s1. The lowest BCUT2D eigenvalue weighted by atomic mass is 9.97. The molecule has 27 heavy (non-hydrogen) atoms. The molecular formula is C21H25N3O3. The molecule has 6 nitrogen and oxygen atoms in total. The molecule has 0 radical (unpaired) electrons. The minimum atomic E-state index is -0.462. The summed E-state index contributed by atoms with van der Waals surface area (Å²) in [4.78, 5) is 25.3. The Kier molecular flexibility index (Phi) is 6.30. The zero-order valence-corrected chi connectivity index (χ0v) is 15.3. The maximum atomic E-state index is 12.4. The van der Waals surface area contributed by atoms with Gasteiger partial charge in [-0.25, -0.2) is 4.79 Å². The second-order valence-corrected chi connectivity index (χ2v) is 6.76. The number of carbonyl (C=O) groups is 2. The van der Waals surface area contributed by atoms with E-state index in [1.165, 1.54) is 4.90 Å². The van der Waals surface area contributed by atoms with E-state index in [0.717, 1.165) is 29.7 Å². The van der Waals surface area contributed by atoms with Crippen LogP contribution in [0.15, 0.2) is 54.6 Å². The van der Waals surface area contributed by atoms with Crippen molar-refractivity contribution in [2.75, 3.05) is 13.1 Å². The minimum absolute atomic E-state index is 0.0449. The van der Waals surface area contributed by atoms with Crippen LogP contribution in [0.2, 0.25) is 0 Å². The molecule has 0 aliphatic carbocycles. The van der Waals surface area contributed by atoms with Crippen molar-refractivity contribution < 1.29 is 14.3 Å². The molecule has 1 heterocycles. The molecule has 1 fully saturated rings. The lowest BCUT2D eigenvalue weighted by Crippen LogP contribution is -2.47. The van der Waals surface area contributed by atoms with E-state index in [0.29, 0.717) is 26.2 Å². The van der Waals surface area contributed by atoms with Crippen LogP contribution >= 0.6 is 0 Å². The lowest BCUT2D eigenvalue weighted by Gasteiger charge is -2.30. The Bertz CT molecular complexity index is 779. The number of piperidine rings is 1. The fourth-order valence-electron chi connectivity index (χ4n) is 3.21. The van der Waals surface area contributed by atoms with Crippen LogP contribution in [-0.4, -0.2) is 29.9 Å². The maximum Gasteiger partial charge on any atom is 0.314 e. The van der Waals surface area contributed by atoms with Gasteiger partial charge in [-0.05, 0) is 36.1 Å². The summed E-state index contributed by atoms with van der Waals surface area (Å²) in [5.74, 6) is 0.517. The van der Waals surface area contributed by atoms with Crippen LogP contribution in [0.25, 0.3) is 0 Å². The normalized spacial score (nSPS) is 16.6. The van der Waals surface area contributed by atoms with Crippen molar-refractivity contribution in [3.8, 4) is 5.75 Å². The van der Waals surface area contributed by atoms with Gasteiger partial charge in [-0.2, -0.15) is 0 Å². The van der Waals surface area contributed by atoms with Gasteiger partial charge in [0.1, 0.15) is 12.4 Å². The highest BCUT2D eigenvalue weighted by Gasteiger charge is 2.27. The second kappa shape index (κ2) is 9.07. The molecule has 3 N–H and O–H groups in total. The zero-order valence-electron chi connectivity index (χ0n) is 15.3. The third-order valence-electron chi connectivity index (χ3n) is 4.72. The number of carbonyl (C=O) groups excluding carboxylic acids is 2. The number of ether oxygens (including phenoxy) is 1. The summed E-state index contributed by atoms with van der Waals surface area (Å²) >= 11 is 0. The van der Waals surface area contributed by atoms with Gasteiger partial charge in [-0.15, -0.1) is 0 Å². The first kappa shape index (κ1) is 18.8. The SMILES string of the molecule is NC(=O)N1CCC[C@@H](C(=O)NCc2cccc(OCc3ccccc3)c2)C1. The Morgan fingerprint density at radius 3 is 2.67 bits per heavy atom. The first-order valence-corrected chi connectivity index (χ1v) is 9.19. The summed E-state index contributed by atoms with van der Waals surface area (Å²) < 4.78 is 5.83. The number of nitrogens with one attached hydrogen (secondary N) is 1. The van der Waals surface area contributed by atoms with Crippen LogP contribution in [0.1, 0.15) is 24.0 Å². The summed E-state index contributed by atoms with van der Waals surface area (Å²) in [6.45, 7) is 1.94. The molecule has 0 unspecified atom stereocenters. The van der Waals surface area contributed by atoms with Crippen LogP contribution < -0.4 is 15.8 Å². The number of amides is 3. The Morgan fingerprint density at radius 1 is 1.11 bits per heavy atom. The number of nitrogens with zero attached hydrogens (tertiary/aromatic N) is 1. The average molecular weight is 367 g/mol. The number of likely N-dealkylation sites (tertiary alicyclic amines) is 1. The quantitative estimate of drug-likeness (QED) is 0.823. The summed E-state index contributed by atoms with van der Waals surface area (Å²) in [6.07, 6.45) is 1.57. The molecule has 1 saturated heterocycles. The predicted octanol–water partition coefficient (Wildman–Crippen LogP) is 2.67. The van der Waals surface area contributed by atoms with Gasteiger partial charge < -0.3 is 20.7 Å². The lowest BCUT2D eigenvalue weighted by molar-refractivity contribution is -0.126. The van der Waals surface area contributed by atoms with Crippen molar-refractivity contribution in [2.45, 2.75) is 26.0 Å². The molecule has 3 amide bonds. The molecular weight excluding hydrogens is 342 g/mol. The van der Waals surface area contributed by atoms with Crippen molar-refractivity contribution >= 4 is 11.9 Å². The number of hydrogen-bond donors (Lipinski definition) is 2. The molecule has 0 spiro atoms. The van der Waals surface area contributed by atoms with Gasteiger partial charge in [0, 0.05) is 19.6 Å². The molecule has 3 rings (SSSR count). The van der Waals surface area contributed by atoms with E-state index in [1.54, 1.807) is 0 Å². The highest BCUT2D eigenvalue weighted by Crippen LogP contribution is 2.18. The smallest absolute Gasteiger partial charge is 0.314 e. The Labute approximate surface area is 159 Å². The van der Waals surface area contributed by atoms with Crippen molar-refractivity contribution in [2.24, 2.45) is 11.7 Å². The highest BCUT2D eigenvalue weighted by molar-refractivity contribution is 5.80. The number of primary amides is 1. The molecule has 0 saturated carbocycles. The van der Waals surface area contributed by atoms with Gasteiger partial charge in [0.15, 0.2) is 0 Å². The van der Waals surface area contributed by atoms with Crippen molar-refractivity contribution in [3.05, 3.63) is 65.7 Å². The Balaban J connectivity index is 1.50. The van der Waals surface area contributed by atoms with Crippen molar-refractivity contribution in [1.82, 2.24) is 10.2 Å². The van der Waals surface area contributed by atoms with Crippen molar-refractivity contribution in [1.29, 1.82) is 0 Å². The Hall–Kier alpha value is -3.02. The fraction of sp³-hybridized carbons (Fsp3) is 0.333. The van der Waals surface area contributed by atoms with Crippen LogP contribution in [0.4, 0.5) is 4.79 Å². The second-order valence-electron chi connectivity index (χ2n) is 6.76. The van der Waals surface area contributed by atoms with Crippen LogP contribution in [-0.2, 0) is 17.9 Å². The van der Waals surface area contributed by atoms with E-state index in [-0.39, 0.29) is 11.8 Å². The van der Waals surface area contributed by atoms with E-state index < -0.39 is 6.03 Å². The first-order valence-electron chi connectivity index (χ1n) is 9.19. The van der Waals surface area contributed by atoms with Gasteiger partial charge in [0.05, 0.1) is 5.92 Å². The molecule has 1 atom stereocenters. The molecule has 6 heteroatoms. The van der Waals surface area contributed by atoms with E-state index in [2.05, 4.69) is 5.32 Å². The van der Waals surface area contributed by atoms with E-state index >= 15 is 0 Å². The molecule has 2 aromatic carbocycles. The van der Waals surface area contributed by atoms with Crippen LogP contribution in [0, 0.1) is 5.92 Å². The van der Waals surface area contributed by atoms with Crippen LogP contribution in [0.3, 0.4) is 0 Å². The minimum Gasteiger partial charge on any atom is -0.489 e. The topological polar surface area (TPSA) is 84.7 Å². The number of rotatable bonds is 6. The summed E-state index contributed by atoms with van der Waals surface area (Å²) in [7, 11) is 0. The zero-order chi connectivity index (χ0) is 19.1. The maximum absolute atomic E-state index is 12.4. The summed E-state index contributed by atoms with van der Waals surface area (Å²) in [5.41, 5.74) is 7.40. The van der Waals surface area contributed by atoms with Crippen molar-refractivity contribution in [3.63, 3.8) is 0 Å². The number of benzene rings is 2. The predicted molar refractivity (Wildman–Crippen MR) is 103 cm³/mol. The third-order valence-corrected chi connectivity index (χ3v) is 4.72. The van der Waals surface area contributed by atoms with E-state index in [9.17, 15) is 9.59 Å². The summed E-state index contributed by atoms with van der Waals surface area (Å²) in [5, 5.41) is 2.96. The average Bonchev–Trinajstić information content (AvgIpc) is 2.71. The van der Waals surface area contributed by atoms with Gasteiger partial charge in [0.25, 0.3) is 0 Å². The number of nitrogens with two attached hydrogens (primary N) is 1. The van der Waals surface area contributed by atoms with Gasteiger partial charge >= 0.3 is 6.03 Å².